The van der Waals surface area contributed by atoms with Gasteiger partial charge in [-0.1, -0.05) is 26.0 Å². The van der Waals surface area contributed by atoms with Gasteiger partial charge in [-0.15, -0.1) is 0 Å². The van der Waals surface area contributed by atoms with E-state index in [-0.39, 0.29) is 5.91 Å². The van der Waals surface area contributed by atoms with Crippen LogP contribution >= 0.6 is 0 Å². The summed E-state index contributed by atoms with van der Waals surface area (Å²) in [6, 6.07) is 7.99. The second-order valence-corrected chi connectivity index (χ2v) is 5.15. The Morgan fingerprint density at radius 2 is 1.95 bits per heavy atom. The molecule has 1 aromatic carbocycles. The number of rotatable bonds is 7. The molecular formula is C16H26N4O. The Balaban J connectivity index is 2.51. The van der Waals surface area contributed by atoms with Crippen LogP contribution in [0.5, 0.6) is 0 Å². The van der Waals surface area contributed by atoms with Gasteiger partial charge in [-0.2, -0.15) is 0 Å². The van der Waals surface area contributed by atoms with Gasteiger partial charge in [0.2, 0.25) is 5.91 Å². The standard InChI is InChI=1S/C16H26N4O/c1-4-6-15(21)20-14-9-7-13(8-10-14)11-18-16(17)19-12(3)5-2/h7-10,12H,4-6,11H2,1-3H3,(H,20,21)(H3,17,18,19). The van der Waals surface area contributed by atoms with Crippen molar-refractivity contribution in [3.8, 4) is 0 Å². The SMILES string of the molecule is CCCC(=O)Nc1ccc(CN=C(N)NC(C)CC)cc1. The number of aliphatic imine (C=N–C) groups is 1. The molecule has 0 aliphatic heterocycles. The summed E-state index contributed by atoms with van der Waals surface area (Å²) >= 11 is 0. The van der Waals surface area contributed by atoms with Gasteiger partial charge in [-0.05, 0) is 37.5 Å². The van der Waals surface area contributed by atoms with Crippen LogP contribution in [-0.2, 0) is 11.3 Å². The smallest absolute Gasteiger partial charge is 0.224 e. The molecule has 0 heterocycles. The minimum Gasteiger partial charge on any atom is -0.370 e. The Morgan fingerprint density at radius 3 is 2.52 bits per heavy atom. The molecule has 116 valence electrons. The monoisotopic (exact) mass is 290 g/mol. The molecule has 1 rings (SSSR count). The van der Waals surface area contributed by atoms with Crippen LogP contribution in [-0.4, -0.2) is 17.9 Å². The number of nitrogens with two attached hydrogens (primary N) is 1. The maximum absolute atomic E-state index is 11.5. The van der Waals surface area contributed by atoms with Gasteiger partial charge >= 0.3 is 0 Å². The molecular weight excluding hydrogens is 264 g/mol. The number of anilines is 1. The summed E-state index contributed by atoms with van der Waals surface area (Å²) in [5.74, 6) is 0.509. The highest BCUT2D eigenvalue weighted by atomic mass is 16.1. The molecule has 0 aliphatic carbocycles. The summed E-state index contributed by atoms with van der Waals surface area (Å²) in [5, 5.41) is 5.98. The fraction of sp³-hybridized carbons (Fsp3) is 0.500. The number of hydrogen-bond acceptors (Lipinski definition) is 2. The zero-order chi connectivity index (χ0) is 15.7. The average molecular weight is 290 g/mol. The minimum absolute atomic E-state index is 0.0465. The first-order valence-corrected chi connectivity index (χ1v) is 7.50. The molecule has 0 saturated heterocycles. The van der Waals surface area contributed by atoms with Crippen LogP contribution in [0.25, 0.3) is 0 Å². The number of amides is 1. The van der Waals surface area contributed by atoms with Crippen LogP contribution in [0, 0.1) is 0 Å². The lowest BCUT2D eigenvalue weighted by atomic mass is 10.2. The molecule has 0 spiro atoms. The molecule has 0 saturated carbocycles. The van der Waals surface area contributed by atoms with Gasteiger partial charge < -0.3 is 16.4 Å². The van der Waals surface area contributed by atoms with Gasteiger partial charge in [0.05, 0.1) is 6.54 Å². The Kier molecular flexibility index (Phi) is 7.29. The lowest BCUT2D eigenvalue weighted by molar-refractivity contribution is -0.116. The van der Waals surface area contributed by atoms with Crippen LogP contribution < -0.4 is 16.4 Å². The lowest BCUT2D eigenvalue weighted by Gasteiger charge is -2.11. The van der Waals surface area contributed by atoms with Crippen molar-refractivity contribution in [2.75, 3.05) is 5.32 Å². The number of hydrogen-bond donors (Lipinski definition) is 3. The second-order valence-electron chi connectivity index (χ2n) is 5.15. The van der Waals surface area contributed by atoms with Crippen LogP contribution in [0.1, 0.15) is 45.6 Å². The molecule has 0 bridgehead atoms. The minimum atomic E-state index is 0.0465. The van der Waals surface area contributed by atoms with E-state index in [9.17, 15) is 4.79 Å². The predicted octanol–water partition coefficient (Wildman–Crippen LogP) is 2.63. The van der Waals surface area contributed by atoms with E-state index < -0.39 is 0 Å². The van der Waals surface area contributed by atoms with Crippen molar-refractivity contribution in [2.24, 2.45) is 10.7 Å². The highest BCUT2D eigenvalue weighted by Gasteiger charge is 2.01. The van der Waals surface area contributed by atoms with Crippen molar-refractivity contribution in [1.82, 2.24) is 5.32 Å². The van der Waals surface area contributed by atoms with Crippen molar-refractivity contribution in [3.63, 3.8) is 0 Å². The number of benzene rings is 1. The maximum atomic E-state index is 11.5. The lowest BCUT2D eigenvalue weighted by Crippen LogP contribution is -2.38. The van der Waals surface area contributed by atoms with E-state index in [1.54, 1.807) is 0 Å². The second kappa shape index (κ2) is 9.00. The van der Waals surface area contributed by atoms with Gasteiger partial charge in [0.1, 0.15) is 0 Å². The van der Waals surface area contributed by atoms with Crippen LogP contribution in [0.3, 0.4) is 0 Å². The van der Waals surface area contributed by atoms with E-state index in [1.165, 1.54) is 0 Å². The zero-order valence-electron chi connectivity index (χ0n) is 13.1. The number of guanidine groups is 1. The van der Waals surface area contributed by atoms with Gasteiger partial charge in [0.25, 0.3) is 0 Å². The first-order valence-electron chi connectivity index (χ1n) is 7.50. The zero-order valence-corrected chi connectivity index (χ0v) is 13.1. The van der Waals surface area contributed by atoms with E-state index in [0.29, 0.717) is 25.0 Å². The molecule has 21 heavy (non-hydrogen) atoms. The quantitative estimate of drug-likeness (QED) is 0.533. The van der Waals surface area contributed by atoms with Gasteiger partial charge in [-0.3, -0.25) is 4.79 Å². The van der Waals surface area contributed by atoms with Crippen molar-refractivity contribution in [3.05, 3.63) is 29.8 Å². The number of carbonyl (C=O) groups excluding carboxylic acids is 1. The topological polar surface area (TPSA) is 79.5 Å². The first kappa shape index (κ1) is 17.0. The molecule has 0 aliphatic rings. The Labute approximate surface area is 127 Å². The van der Waals surface area contributed by atoms with Crippen LogP contribution in [0.2, 0.25) is 0 Å². The van der Waals surface area contributed by atoms with E-state index in [2.05, 4.69) is 29.5 Å². The number of nitrogens with one attached hydrogen (secondary N) is 2. The summed E-state index contributed by atoms with van der Waals surface area (Å²) < 4.78 is 0. The van der Waals surface area contributed by atoms with Crippen molar-refractivity contribution in [2.45, 2.75) is 52.6 Å². The third-order valence-electron chi connectivity index (χ3n) is 3.15. The van der Waals surface area contributed by atoms with Crippen molar-refractivity contribution in [1.29, 1.82) is 0 Å². The average Bonchev–Trinajstić information content (AvgIpc) is 2.46. The molecule has 4 N–H and O–H groups in total. The van der Waals surface area contributed by atoms with E-state index in [1.807, 2.05) is 31.2 Å². The normalized spacial score (nSPS) is 12.8. The van der Waals surface area contributed by atoms with Crippen molar-refractivity contribution < 1.29 is 4.79 Å². The molecule has 1 aromatic rings. The third-order valence-corrected chi connectivity index (χ3v) is 3.15. The Bertz CT molecular complexity index is 468. The Morgan fingerprint density at radius 1 is 1.29 bits per heavy atom. The highest BCUT2D eigenvalue weighted by molar-refractivity contribution is 5.90. The van der Waals surface area contributed by atoms with Gasteiger partial charge in [0, 0.05) is 18.2 Å². The van der Waals surface area contributed by atoms with Crippen LogP contribution in [0.15, 0.2) is 29.3 Å². The summed E-state index contributed by atoms with van der Waals surface area (Å²) in [5.41, 5.74) is 7.67. The first-order chi connectivity index (χ1) is 10.0. The summed E-state index contributed by atoms with van der Waals surface area (Å²) in [6.45, 7) is 6.67. The van der Waals surface area contributed by atoms with Crippen LogP contribution in [0.4, 0.5) is 5.69 Å². The van der Waals surface area contributed by atoms with Crippen molar-refractivity contribution >= 4 is 17.6 Å². The molecule has 5 nitrogen and oxygen atoms in total. The predicted molar refractivity (Wildman–Crippen MR) is 88.2 cm³/mol. The van der Waals surface area contributed by atoms with E-state index in [0.717, 1.165) is 24.1 Å². The van der Waals surface area contributed by atoms with Gasteiger partial charge in [0.15, 0.2) is 5.96 Å². The fourth-order valence-corrected chi connectivity index (χ4v) is 1.72. The highest BCUT2D eigenvalue weighted by Crippen LogP contribution is 2.11. The molecule has 5 heteroatoms. The summed E-state index contributed by atoms with van der Waals surface area (Å²) in [4.78, 5) is 15.8. The largest absolute Gasteiger partial charge is 0.370 e. The number of nitrogens with zero attached hydrogens (tertiary/aromatic N) is 1. The summed E-state index contributed by atoms with van der Waals surface area (Å²) in [6.07, 6.45) is 2.40. The van der Waals surface area contributed by atoms with E-state index >= 15 is 0 Å². The molecule has 1 amide bonds. The number of carbonyl (C=O) groups is 1. The fourth-order valence-electron chi connectivity index (χ4n) is 1.72. The summed E-state index contributed by atoms with van der Waals surface area (Å²) in [7, 11) is 0. The Hall–Kier alpha value is -2.04. The maximum Gasteiger partial charge on any atom is 0.224 e. The molecule has 0 aromatic heterocycles. The molecule has 1 atom stereocenters. The van der Waals surface area contributed by atoms with Gasteiger partial charge in [-0.25, -0.2) is 4.99 Å². The molecule has 0 radical (unpaired) electrons. The molecule has 1 unspecified atom stereocenters. The van der Waals surface area contributed by atoms with E-state index in [4.69, 9.17) is 5.73 Å². The third kappa shape index (κ3) is 6.79. The molecule has 0 fully saturated rings.